The van der Waals surface area contributed by atoms with Crippen LogP contribution >= 0.6 is 15.9 Å². The molecule has 0 amide bonds. The zero-order chi connectivity index (χ0) is 11.2. The molecule has 15 heavy (non-hydrogen) atoms. The zero-order valence-electron chi connectivity index (χ0n) is 9.27. The van der Waals surface area contributed by atoms with Crippen LogP contribution < -0.4 is 0 Å². The number of aromatic nitrogens is 1. The van der Waals surface area contributed by atoms with Gasteiger partial charge in [0.25, 0.3) is 0 Å². The van der Waals surface area contributed by atoms with Crippen LogP contribution in [0.4, 0.5) is 4.39 Å². The van der Waals surface area contributed by atoms with E-state index in [1.165, 1.54) is 0 Å². The lowest BCUT2D eigenvalue weighted by Gasteiger charge is -2.20. The molecule has 0 radical (unpaired) electrons. The van der Waals surface area contributed by atoms with Gasteiger partial charge in [0.15, 0.2) is 0 Å². The SMILES string of the molecule is CC(C)(C)c1nc(C2CC2)c(F)cc1Br. The summed E-state index contributed by atoms with van der Waals surface area (Å²) in [6.07, 6.45) is 2.16. The van der Waals surface area contributed by atoms with Crippen LogP contribution in [0.1, 0.15) is 50.9 Å². The lowest BCUT2D eigenvalue weighted by atomic mass is 9.91. The van der Waals surface area contributed by atoms with Crippen molar-refractivity contribution in [3.05, 3.63) is 27.7 Å². The molecule has 1 aliphatic carbocycles. The lowest BCUT2D eigenvalue weighted by molar-refractivity contribution is 0.542. The Bertz CT molecular complexity index is 391. The first-order valence-corrected chi connectivity index (χ1v) is 6.05. The summed E-state index contributed by atoms with van der Waals surface area (Å²) < 4.78 is 14.4. The van der Waals surface area contributed by atoms with E-state index in [4.69, 9.17) is 0 Å². The van der Waals surface area contributed by atoms with Crippen molar-refractivity contribution in [3.8, 4) is 0 Å². The van der Waals surface area contributed by atoms with Gasteiger partial charge in [-0.1, -0.05) is 20.8 Å². The number of nitrogens with zero attached hydrogens (tertiary/aromatic N) is 1. The average molecular weight is 272 g/mol. The molecule has 0 saturated heterocycles. The Morgan fingerprint density at radius 3 is 2.47 bits per heavy atom. The fraction of sp³-hybridized carbons (Fsp3) is 0.583. The number of hydrogen-bond acceptors (Lipinski definition) is 1. The van der Waals surface area contributed by atoms with E-state index in [0.29, 0.717) is 11.6 Å². The minimum Gasteiger partial charge on any atom is -0.253 e. The fourth-order valence-electron chi connectivity index (χ4n) is 1.65. The average Bonchev–Trinajstić information content (AvgIpc) is 2.84. The summed E-state index contributed by atoms with van der Waals surface area (Å²) in [5.41, 5.74) is 1.56. The Labute approximate surface area is 98.2 Å². The van der Waals surface area contributed by atoms with Gasteiger partial charge in [-0.25, -0.2) is 4.39 Å². The molecule has 1 aromatic heterocycles. The van der Waals surface area contributed by atoms with Crippen molar-refractivity contribution in [3.63, 3.8) is 0 Å². The van der Waals surface area contributed by atoms with E-state index in [-0.39, 0.29) is 11.2 Å². The van der Waals surface area contributed by atoms with Crippen molar-refractivity contribution in [1.82, 2.24) is 4.98 Å². The van der Waals surface area contributed by atoms with Gasteiger partial charge in [0.05, 0.1) is 11.4 Å². The molecule has 0 unspecified atom stereocenters. The van der Waals surface area contributed by atoms with Crippen molar-refractivity contribution in [2.45, 2.75) is 44.9 Å². The lowest BCUT2D eigenvalue weighted by Crippen LogP contribution is -2.16. The van der Waals surface area contributed by atoms with Gasteiger partial charge in [-0.3, -0.25) is 4.98 Å². The first-order chi connectivity index (χ1) is 6.89. The van der Waals surface area contributed by atoms with Crippen LogP contribution in [0, 0.1) is 5.82 Å². The van der Waals surface area contributed by atoms with Gasteiger partial charge in [0.2, 0.25) is 0 Å². The molecule has 0 bridgehead atoms. The minimum atomic E-state index is -0.169. The van der Waals surface area contributed by atoms with Crippen molar-refractivity contribution < 1.29 is 4.39 Å². The van der Waals surface area contributed by atoms with Crippen molar-refractivity contribution in [2.24, 2.45) is 0 Å². The Hall–Kier alpha value is -0.440. The highest BCUT2D eigenvalue weighted by Crippen LogP contribution is 2.42. The van der Waals surface area contributed by atoms with Gasteiger partial charge in [-0.15, -0.1) is 0 Å². The molecule has 0 N–H and O–H groups in total. The molecule has 0 atom stereocenters. The van der Waals surface area contributed by atoms with Crippen molar-refractivity contribution in [1.29, 1.82) is 0 Å². The summed E-state index contributed by atoms with van der Waals surface area (Å²) in [7, 11) is 0. The van der Waals surface area contributed by atoms with E-state index >= 15 is 0 Å². The third kappa shape index (κ3) is 2.22. The third-order valence-electron chi connectivity index (χ3n) is 2.63. The van der Waals surface area contributed by atoms with Crippen LogP contribution in [-0.2, 0) is 5.41 Å². The number of hydrogen-bond donors (Lipinski definition) is 0. The molecule has 1 nitrogen and oxygen atoms in total. The molecular formula is C12H15BrFN. The second-order valence-corrected chi connectivity index (χ2v) is 6.06. The summed E-state index contributed by atoms with van der Waals surface area (Å²) in [5.74, 6) is 0.191. The maximum Gasteiger partial charge on any atom is 0.146 e. The highest BCUT2D eigenvalue weighted by Gasteiger charge is 2.30. The molecule has 0 aromatic carbocycles. The maximum atomic E-state index is 13.6. The largest absolute Gasteiger partial charge is 0.253 e. The van der Waals surface area contributed by atoms with E-state index in [1.807, 2.05) is 0 Å². The van der Waals surface area contributed by atoms with Crippen LogP contribution in [0.15, 0.2) is 10.5 Å². The van der Waals surface area contributed by atoms with Crippen molar-refractivity contribution >= 4 is 15.9 Å². The monoisotopic (exact) mass is 271 g/mol. The summed E-state index contributed by atoms with van der Waals surface area (Å²) in [6, 6.07) is 1.56. The van der Waals surface area contributed by atoms with E-state index in [0.717, 1.165) is 23.0 Å². The Morgan fingerprint density at radius 2 is 2.00 bits per heavy atom. The summed E-state index contributed by atoms with van der Waals surface area (Å²) in [4.78, 5) is 4.48. The second kappa shape index (κ2) is 3.55. The number of halogens is 2. The van der Waals surface area contributed by atoms with E-state index in [1.54, 1.807) is 6.07 Å². The highest BCUT2D eigenvalue weighted by molar-refractivity contribution is 9.10. The van der Waals surface area contributed by atoms with E-state index in [9.17, 15) is 4.39 Å². The first-order valence-electron chi connectivity index (χ1n) is 5.26. The van der Waals surface area contributed by atoms with Gasteiger partial charge < -0.3 is 0 Å². The molecule has 1 saturated carbocycles. The topological polar surface area (TPSA) is 12.9 Å². The van der Waals surface area contributed by atoms with Crippen LogP contribution in [0.3, 0.4) is 0 Å². The maximum absolute atomic E-state index is 13.6. The molecule has 82 valence electrons. The molecule has 2 rings (SSSR count). The molecule has 1 aliphatic rings. The summed E-state index contributed by atoms with van der Waals surface area (Å²) >= 11 is 3.38. The van der Waals surface area contributed by atoms with Crippen LogP contribution in [0.2, 0.25) is 0 Å². The minimum absolute atomic E-state index is 0.0455. The van der Waals surface area contributed by atoms with E-state index < -0.39 is 0 Å². The predicted octanol–water partition coefficient (Wildman–Crippen LogP) is 4.16. The van der Waals surface area contributed by atoms with Crippen LogP contribution in [-0.4, -0.2) is 4.98 Å². The van der Waals surface area contributed by atoms with Crippen LogP contribution in [0.5, 0.6) is 0 Å². The molecule has 1 heterocycles. The molecule has 3 heteroatoms. The zero-order valence-corrected chi connectivity index (χ0v) is 10.9. The predicted molar refractivity (Wildman–Crippen MR) is 62.6 cm³/mol. The van der Waals surface area contributed by atoms with Gasteiger partial charge in [-0.2, -0.15) is 0 Å². The standard InChI is InChI=1S/C12H15BrFN/c1-12(2,3)11-8(13)6-9(14)10(15-11)7-4-5-7/h6-7H,4-5H2,1-3H3. The summed E-state index contributed by atoms with van der Waals surface area (Å²) in [6.45, 7) is 6.28. The van der Waals surface area contributed by atoms with Crippen molar-refractivity contribution in [2.75, 3.05) is 0 Å². The quantitative estimate of drug-likeness (QED) is 0.748. The fourth-order valence-corrected chi connectivity index (χ4v) is 2.53. The van der Waals surface area contributed by atoms with Gasteiger partial charge >= 0.3 is 0 Å². The van der Waals surface area contributed by atoms with Gasteiger partial charge in [0.1, 0.15) is 5.82 Å². The number of pyridine rings is 1. The second-order valence-electron chi connectivity index (χ2n) is 5.21. The number of rotatable bonds is 1. The first kappa shape index (κ1) is 11.1. The molecule has 0 spiro atoms. The molecule has 0 aliphatic heterocycles. The van der Waals surface area contributed by atoms with Gasteiger partial charge in [-0.05, 0) is 34.8 Å². The Balaban J connectivity index is 2.51. The normalized spacial score (nSPS) is 16.9. The third-order valence-corrected chi connectivity index (χ3v) is 3.24. The van der Waals surface area contributed by atoms with Crippen LogP contribution in [0.25, 0.3) is 0 Å². The molecular weight excluding hydrogens is 257 g/mol. The van der Waals surface area contributed by atoms with Gasteiger partial charge in [0, 0.05) is 15.8 Å². The summed E-state index contributed by atoms with van der Waals surface area (Å²) in [5, 5.41) is 0. The van der Waals surface area contributed by atoms with E-state index in [2.05, 4.69) is 41.7 Å². The Kier molecular flexibility index (Phi) is 2.61. The smallest absolute Gasteiger partial charge is 0.146 e. The highest BCUT2D eigenvalue weighted by atomic mass is 79.9. The molecule has 1 aromatic rings. The Morgan fingerprint density at radius 1 is 1.40 bits per heavy atom. The molecule has 1 fully saturated rings.